The van der Waals surface area contributed by atoms with Crippen molar-refractivity contribution < 1.29 is 18.0 Å². The summed E-state index contributed by atoms with van der Waals surface area (Å²) < 4.78 is 27.8. The zero-order valence-electron chi connectivity index (χ0n) is 14.0. The standard InChI is InChI=1S/C17H16ClN3O4S2/c18-11-3-5-13(6-4-11)21-16(22)14-10-12(7-8-20(14)17(21)23)19-27(24,25)15-2-1-9-26-15/h1-6,9,12,14,19H,7-8,10H2. The molecule has 2 aromatic rings. The van der Waals surface area contributed by atoms with Gasteiger partial charge in [-0.05, 0) is 48.6 Å². The molecule has 3 amide bonds. The molecule has 2 fully saturated rings. The third-order valence-corrected chi connectivity index (χ3v) is 7.88. The molecular weight excluding hydrogens is 410 g/mol. The highest BCUT2D eigenvalue weighted by molar-refractivity contribution is 7.91. The number of hydrogen-bond donors (Lipinski definition) is 1. The Labute approximate surface area is 165 Å². The Balaban J connectivity index is 1.52. The number of imide groups is 1. The maximum absolute atomic E-state index is 12.8. The Bertz CT molecular complexity index is 976. The van der Waals surface area contributed by atoms with Gasteiger partial charge in [-0.1, -0.05) is 17.7 Å². The zero-order chi connectivity index (χ0) is 19.2. The van der Waals surface area contributed by atoms with Crippen LogP contribution in [0.4, 0.5) is 10.5 Å². The Hall–Kier alpha value is -1.94. The minimum Gasteiger partial charge on any atom is -0.312 e. The van der Waals surface area contributed by atoms with Crippen LogP contribution in [0.1, 0.15) is 12.8 Å². The fraction of sp³-hybridized carbons (Fsp3) is 0.294. The lowest BCUT2D eigenvalue weighted by Gasteiger charge is -2.32. The minimum atomic E-state index is -3.62. The van der Waals surface area contributed by atoms with Crippen LogP contribution >= 0.6 is 22.9 Å². The molecule has 27 heavy (non-hydrogen) atoms. The lowest BCUT2D eigenvalue weighted by Crippen LogP contribution is -2.49. The molecule has 3 heterocycles. The number of piperidine rings is 1. The quantitative estimate of drug-likeness (QED) is 0.763. The van der Waals surface area contributed by atoms with Crippen LogP contribution in [0.25, 0.3) is 0 Å². The van der Waals surface area contributed by atoms with E-state index in [-0.39, 0.29) is 22.6 Å². The summed E-state index contributed by atoms with van der Waals surface area (Å²) >= 11 is 7.01. The van der Waals surface area contributed by atoms with Crippen molar-refractivity contribution in [1.82, 2.24) is 9.62 Å². The van der Waals surface area contributed by atoms with Crippen molar-refractivity contribution in [1.29, 1.82) is 0 Å². The van der Waals surface area contributed by atoms with Gasteiger partial charge >= 0.3 is 6.03 Å². The third-order valence-electron chi connectivity index (χ3n) is 4.71. The molecule has 2 aliphatic rings. The van der Waals surface area contributed by atoms with Crippen molar-refractivity contribution in [2.45, 2.75) is 29.1 Å². The molecule has 0 radical (unpaired) electrons. The highest BCUT2D eigenvalue weighted by Crippen LogP contribution is 2.32. The number of carbonyl (C=O) groups is 2. The summed E-state index contributed by atoms with van der Waals surface area (Å²) in [6, 6.07) is 8.23. The van der Waals surface area contributed by atoms with Gasteiger partial charge < -0.3 is 4.90 Å². The van der Waals surface area contributed by atoms with Gasteiger partial charge in [0.25, 0.3) is 5.91 Å². The van der Waals surface area contributed by atoms with Gasteiger partial charge in [-0.15, -0.1) is 11.3 Å². The Kier molecular flexibility index (Phi) is 4.71. The number of halogens is 1. The van der Waals surface area contributed by atoms with E-state index < -0.39 is 22.1 Å². The number of anilines is 1. The van der Waals surface area contributed by atoms with Crippen LogP contribution in [0.15, 0.2) is 46.0 Å². The summed E-state index contributed by atoms with van der Waals surface area (Å²) in [4.78, 5) is 28.1. The number of thiophene rings is 1. The second-order valence-corrected chi connectivity index (χ2v) is 9.74. The molecule has 1 aromatic carbocycles. The number of amides is 3. The number of nitrogens with one attached hydrogen (secondary N) is 1. The van der Waals surface area contributed by atoms with Crippen LogP contribution in [-0.4, -0.2) is 43.9 Å². The van der Waals surface area contributed by atoms with Crippen LogP contribution in [0, 0.1) is 0 Å². The third kappa shape index (κ3) is 3.36. The van der Waals surface area contributed by atoms with E-state index in [1.54, 1.807) is 35.7 Å². The topological polar surface area (TPSA) is 86.8 Å². The van der Waals surface area contributed by atoms with Gasteiger partial charge in [-0.2, -0.15) is 0 Å². The van der Waals surface area contributed by atoms with Crippen molar-refractivity contribution in [3.8, 4) is 0 Å². The van der Waals surface area contributed by atoms with E-state index in [0.717, 1.165) is 16.2 Å². The second-order valence-electron chi connectivity index (χ2n) is 6.42. The first-order chi connectivity index (χ1) is 12.9. The number of sulfonamides is 1. The van der Waals surface area contributed by atoms with Gasteiger partial charge in [0.15, 0.2) is 0 Å². The van der Waals surface area contributed by atoms with Crippen LogP contribution < -0.4 is 9.62 Å². The van der Waals surface area contributed by atoms with E-state index in [4.69, 9.17) is 11.6 Å². The Morgan fingerprint density at radius 3 is 2.56 bits per heavy atom. The van der Waals surface area contributed by atoms with E-state index in [0.29, 0.717) is 23.7 Å². The highest BCUT2D eigenvalue weighted by atomic mass is 35.5. The van der Waals surface area contributed by atoms with E-state index in [2.05, 4.69) is 4.72 Å². The minimum absolute atomic E-state index is 0.238. The molecule has 0 aliphatic carbocycles. The molecule has 2 atom stereocenters. The number of rotatable bonds is 4. The maximum atomic E-state index is 12.8. The van der Waals surface area contributed by atoms with Crippen molar-refractivity contribution in [2.75, 3.05) is 11.4 Å². The first kappa shape index (κ1) is 18.4. The largest absolute Gasteiger partial charge is 0.332 e. The average Bonchev–Trinajstić information content (AvgIpc) is 3.25. The van der Waals surface area contributed by atoms with Gasteiger partial charge in [0, 0.05) is 17.6 Å². The molecule has 2 aliphatic heterocycles. The first-order valence-corrected chi connectivity index (χ1v) is 11.1. The zero-order valence-corrected chi connectivity index (χ0v) is 16.4. The number of urea groups is 1. The van der Waals surface area contributed by atoms with Crippen LogP contribution in [-0.2, 0) is 14.8 Å². The smallest absolute Gasteiger partial charge is 0.312 e. The summed E-state index contributed by atoms with van der Waals surface area (Å²) in [7, 11) is -3.62. The second kappa shape index (κ2) is 6.90. The van der Waals surface area contributed by atoms with Gasteiger partial charge in [-0.3, -0.25) is 4.79 Å². The van der Waals surface area contributed by atoms with E-state index in [9.17, 15) is 18.0 Å². The fourth-order valence-corrected chi connectivity index (χ4v) is 5.85. The van der Waals surface area contributed by atoms with E-state index in [1.807, 2.05) is 0 Å². The monoisotopic (exact) mass is 425 g/mol. The molecule has 0 saturated carbocycles. The number of carbonyl (C=O) groups excluding carboxylic acids is 2. The summed E-state index contributed by atoms with van der Waals surface area (Å²) in [6.45, 7) is 0.316. The Morgan fingerprint density at radius 2 is 1.89 bits per heavy atom. The predicted molar refractivity (Wildman–Crippen MR) is 102 cm³/mol. The normalized spacial score (nSPS) is 23.0. The number of hydrogen-bond acceptors (Lipinski definition) is 5. The lowest BCUT2D eigenvalue weighted by atomic mass is 9.99. The first-order valence-electron chi connectivity index (χ1n) is 8.33. The summed E-state index contributed by atoms with van der Waals surface area (Å²) in [5.74, 6) is -0.345. The molecule has 7 nitrogen and oxygen atoms in total. The molecule has 142 valence electrons. The van der Waals surface area contributed by atoms with Crippen LogP contribution in [0.2, 0.25) is 5.02 Å². The van der Waals surface area contributed by atoms with Crippen molar-refractivity contribution in [3.63, 3.8) is 0 Å². The maximum Gasteiger partial charge on any atom is 0.332 e. The van der Waals surface area contributed by atoms with E-state index >= 15 is 0 Å². The van der Waals surface area contributed by atoms with Crippen LogP contribution in [0.5, 0.6) is 0 Å². The van der Waals surface area contributed by atoms with Gasteiger partial charge in [0.2, 0.25) is 10.0 Å². The highest BCUT2D eigenvalue weighted by Gasteiger charge is 2.49. The molecule has 4 rings (SSSR count). The lowest BCUT2D eigenvalue weighted by molar-refractivity contribution is -0.120. The summed E-state index contributed by atoms with van der Waals surface area (Å²) in [6.07, 6.45) is 0.702. The number of fused-ring (bicyclic) bond motifs is 1. The Morgan fingerprint density at radius 1 is 1.15 bits per heavy atom. The van der Waals surface area contributed by atoms with Gasteiger partial charge in [0.05, 0.1) is 5.69 Å². The summed E-state index contributed by atoms with van der Waals surface area (Å²) in [5, 5.41) is 2.21. The molecule has 1 N–H and O–H groups in total. The van der Waals surface area contributed by atoms with Crippen molar-refractivity contribution in [3.05, 3.63) is 46.8 Å². The molecule has 0 spiro atoms. The number of benzene rings is 1. The molecule has 2 saturated heterocycles. The van der Waals surface area contributed by atoms with Crippen molar-refractivity contribution in [2.24, 2.45) is 0 Å². The van der Waals surface area contributed by atoms with Crippen LogP contribution in [0.3, 0.4) is 0 Å². The molecule has 1 aromatic heterocycles. The fourth-order valence-electron chi connectivity index (χ4n) is 3.43. The van der Waals surface area contributed by atoms with Gasteiger partial charge in [0.1, 0.15) is 10.3 Å². The average molecular weight is 426 g/mol. The predicted octanol–water partition coefficient (Wildman–Crippen LogP) is 2.68. The molecule has 2 unspecified atom stereocenters. The SMILES string of the molecule is O=C1C2CC(NS(=O)(=O)c3cccs3)CCN2C(=O)N1c1ccc(Cl)cc1. The molecule has 0 bridgehead atoms. The molecular formula is C17H16ClN3O4S2. The van der Waals surface area contributed by atoms with E-state index in [1.165, 1.54) is 11.0 Å². The van der Waals surface area contributed by atoms with Crippen molar-refractivity contribution >= 4 is 50.6 Å². The molecule has 10 heteroatoms. The summed E-state index contributed by atoms with van der Waals surface area (Å²) in [5.41, 5.74) is 0.458. The number of nitrogens with zero attached hydrogens (tertiary/aromatic N) is 2. The van der Waals surface area contributed by atoms with Gasteiger partial charge in [-0.25, -0.2) is 22.8 Å².